The van der Waals surface area contributed by atoms with E-state index in [1.807, 2.05) is 42.5 Å². The molecule has 4 nitrogen and oxygen atoms in total. The highest BCUT2D eigenvalue weighted by atomic mass is 16.5. The van der Waals surface area contributed by atoms with Gasteiger partial charge in [0.05, 0.1) is 25.2 Å². The quantitative estimate of drug-likeness (QED) is 0.608. The first-order valence-electron chi connectivity index (χ1n) is 10.7. The van der Waals surface area contributed by atoms with Crippen LogP contribution < -0.4 is 4.74 Å². The maximum Gasteiger partial charge on any atom is 0.306 e. The molecule has 0 aliphatic heterocycles. The minimum Gasteiger partial charge on any atom is -0.493 e. The molecule has 0 heterocycles. The molecular formula is C25H32O4. The summed E-state index contributed by atoms with van der Waals surface area (Å²) in [6.07, 6.45) is 7.41. The summed E-state index contributed by atoms with van der Waals surface area (Å²) in [6.45, 7) is 3.08. The van der Waals surface area contributed by atoms with E-state index in [1.165, 1.54) is 24.8 Å². The molecule has 1 N–H and O–H groups in total. The molecule has 0 amide bonds. The van der Waals surface area contributed by atoms with Crippen LogP contribution >= 0.6 is 0 Å². The van der Waals surface area contributed by atoms with Gasteiger partial charge in [0, 0.05) is 0 Å². The molecule has 4 rings (SSSR count). The molecule has 2 saturated carbocycles. The van der Waals surface area contributed by atoms with Crippen molar-refractivity contribution in [1.82, 2.24) is 0 Å². The van der Waals surface area contributed by atoms with Crippen molar-refractivity contribution < 1.29 is 19.4 Å². The van der Waals surface area contributed by atoms with Gasteiger partial charge in [-0.25, -0.2) is 0 Å². The van der Waals surface area contributed by atoms with Gasteiger partial charge in [0.2, 0.25) is 0 Å². The maximum atomic E-state index is 11.0. The van der Waals surface area contributed by atoms with Crippen LogP contribution in [0.25, 0.3) is 0 Å². The largest absolute Gasteiger partial charge is 0.493 e. The Hall–Kier alpha value is -2.33. The van der Waals surface area contributed by atoms with E-state index in [1.54, 1.807) is 6.92 Å². The van der Waals surface area contributed by atoms with Gasteiger partial charge < -0.3 is 14.6 Å². The third kappa shape index (κ3) is 7.90. The zero-order valence-corrected chi connectivity index (χ0v) is 17.3. The Morgan fingerprint density at radius 1 is 1.03 bits per heavy atom. The van der Waals surface area contributed by atoms with Gasteiger partial charge in [-0.3, -0.25) is 4.79 Å². The summed E-state index contributed by atoms with van der Waals surface area (Å²) >= 11 is 0. The van der Waals surface area contributed by atoms with Crippen molar-refractivity contribution in [3.05, 3.63) is 65.7 Å². The molecule has 0 spiro atoms. The minimum absolute atomic E-state index is 0.326. The predicted octanol–water partition coefficient (Wildman–Crippen LogP) is 5.49. The van der Waals surface area contributed by atoms with Crippen molar-refractivity contribution >= 4 is 5.97 Å². The van der Waals surface area contributed by atoms with E-state index in [-0.39, 0.29) is 5.92 Å². The van der Waals surface area contributed by atoms with Gasteiger partial charge >= 0.3 is 5.97 Å². The van der Waals surface area contributed by atoms with Crippen molar-refractivity contribution in [2.75, 3.05) is 6.61 Å². The summed E-state index contributed by atoms with van der Waals surface area (Å²) in [6, 6.07) is 18.0. The number of hydrogen-bond donors (Lipinski definition) is 1. The first-order chi connectivity index (χ1) is 14.1. The fourth-order valence-electron chi connectivity index (χ4n) is 3.15. The average molecular weight is 397 g/mol. The molecule has 2 aromatic carbocycles. The molecule has 29 heavy (non-hydrogen) atoms. The molecule has 0 saturated heterocycles. The lowest BCUT2D eigenvalue weighted by atomic mass is 9.83. The number of ether oxygens (including phenoxy) is 2. The van der Waals surface area contributed by atoms with E-state index < -0.39 is 5.97 Å². The Morgan fingerprint density at radius 3 is 2.38 bits per heavy atom. The Labute approximate surface area is 173 Å². The molecule has 0 radical (unpaired) electrons. The van der Waals surface area contributed by atoms with Crippen molar-refractivity contribution in [2.45, 2.75) is 58.2 Å². The number of carboxylic acid groups (broad SMARTS) is 1. The van der Waals surface area contributed by atoms with Crippen LogP contribution in [-0.2, 0) is 22.6 Å². The lowest BCUT2D eigenvalue weighted by Crippen LogP contribution is -2.34. The highest BCUT2D eigenvalue weighted by Crippen LogP contribution is 2.31. The number of aliphatic carboxylic acids is 1. The third-order valence-electron chi connectivity index (χ3n) is 5.22. The van der Waals surface area contributed by atoms with Gasteiger partial charge in [0.15, 0.2) is 0 Å². The van der Waals surface area contributed by atoms with Crippen molar-refractivity contribution in [1.29, 1.82) is 0 Å². The molecule has 4 heteroatoms. The Balaban J connectivity index is 0.000000732. The molecule has 2 fully saturated rings. The molecule has 0 aromatic heterocycles. The summed E-state index contributed by atoms with van der Waals surface area (Å²) in [5, 5.41) is 9.03. The van der Waals surface area contributed by atoms with Crippen LogP contribution in [0.5, 0.6) is 5.75 Å². The molecule has 1 atom stereocenters. The van der Waals surface area contributed by atoms with Crippen LogP contribution in [0.3, 0.4) is 0 Å². The number of carboxylic acids is 1. The predicted molar refractivity (Wildman–Crippen MR) is 114 cm³/mol. The fourth-order valence-corrected chi connectivity index (χ4v) is 3.15. The summed E-state index contributed by atoms with van der Waals surface area (Å²) in [4.78, 5) is 11.0. The summed E-state index contributed by atoms with van der Waals surface area (Å²) in [5.74, 6) is 0.179. The van der Waals surface area contributed by atoms with E-state index in [0.717, 1.165) is 24.2 Å². The average Bonchev–Trinajstić information content (AvgIpc) is 3.57. The van der Waals surface area contributed by atoms with Crippen LogP contribution in [0.15, 0.2) is 54.6 Å². The zero-order chi connectivity index (χ0) is 20.5. The van der Waals surface area contributed by atoms with E-state index in [2.05, 4.69) is 12.1 Å². The molecule has 2 aromatic rings. The Kier molecular flexibility index (Phi) is 8.12. The number of hydrogen-bond acceptors (Lipinski definition) is 3. The molecular weight excluding hydrogens is 364 g/mol. The van der Waals surface area contributed by atoms with E-state index in [9.17, 15) is 4.79 Å². The van der Waals surface area contributed by atoms with Gasteiger partial charge in [0.1, 0.15) is 5.75 Å². The van der Waals surface area contributed by atoms with Crippen molar-refractivity contribution in [3.8, 4) is 5.75 Å². The van der Waals surface area contributed by atoms with Crippen LogP contribution in [-0.4, -0.2) is 23.8 Å². The zero-order valence-electron chi connectivity index (χ0n) is 17.3. The van der Waals surface area contributed by atoms with E-state index in [0.29, 0.717) is 31.7 Å². The highest BCUT2D eigenvalue weighted by Gasteiger charge is 2.30. The van der Waals surface area contributed by atoms with Gasteiger partial charge in [0.25, 0.3) is 0 Å². The van der Waals surface area contributed by atoms with Crippen LogP contribution in [0.4, 0.5) is 0 Å². The summed E-state index contributed by atoms with van der Waals surface area (Å²) < 4.78 is 11.8. The van der Waals surface area contributed by atoms with Crippen LogP contribution in [0.1, 0.15) is 50.2 Å². The minimum atomic E-state index is -0.771. The molecule has 156 valence electrons. The standard InChI is InChI=1S/C22H26O4.C3H6/c1-16(22(23)24)10-18-8-5-9-20(11-18)25-15-19-12-21(13-19)26-14-17-6-3-2-4-7-17;1-2-3-1/h2-9,11,16,19,21H,10,12-15H2,1H3,(H,23,24);1-3H2. The molecule has 2 aliphatic carbocycles. The first kappa shape index (κ1) is 21.4. The Morgan fingerprint density at radius 2 is 1.72 bits per heavy atom. The molecule has 2 aliphatic rings. The molecule has 1 unspecified atom stereocenters. The first-order valence-corrected chi connectivity index (χ1v) is 10.7. The number of benzene rings is 2. The van der Waals surface area contributed by atoms with Gasteiger partial charge in [-0.1, -0.05) is 68.7 Å². The normalized spacial score (nSPS) is 20.6. The topological polar surface area (TPSA) is 55.8 Å². The second-order valence-electron chi connectivity index (χ2n) is 8.22. The second-order valence-corrected chi connectivity index (χ2v) is 8.22. The van der Waals surface area contributed by atoms with Gasteiger partial charge in [-0.15, -0.1) is 0 Å². The Bertz CT molecular complexity index is 748. The monoisotopic (exact) mass is 396 g/mol. The number of rotatable bonds is 9. The summed E-state index contributed by atoms with van der Waals surface area (Å²) in [7, 11) is 0. The van der Waals surface area contributed by atoms with Gasteiger partial charge in [-0.2, -0.15) is 0 Å². The van der Waals surface area contributed by atoms with E-state index in [4.69, 9.17) is 14.6 Å². The lowest BCUT2D eigenvalue weighted by Gasteiger charge is -2.35. The van der Waals surface area contributed by atoms with Gasteiger partial charge in [-0.05, 0) is 48.4 Å². The van der Waals surface area contributed by atoms with Crippen molar-refractivity contribution in [2.24, 2.45) is 11.8 Å². The number of carbonyl (C=O) groups is 1. The summed E-state index contributed by atoms with van der Waals surface area (Å²) in [5.41, 5.74) is 2.20. The van der Waals surface area contributed by atoms with E-state index >= 15 is 0 Å². The smallest absolute Gasteiger partial charge is 0.306 e. The van der Waals surface area contributed by atoms with Crippen LogP contribution in [0, 0.1) is 11.8 Å². The molecule has 0 bridgehead atoms. The lowest BCUT2D eigenvalue weighted by molar-refractivity contribution is -0.141. The third-order valence-corrected chi connectivity index (χ3v) is 5.22. The SMILES string of the molecule is C1CC1.CC(Cc1cccc(OCC2CC(OCc3ccccc3)C2)c1)C(=O)O. The van der Waals surface area contributed by atoms with Crippen LogP contribution in [0.2, 0.25) is 0 Å². The second kappa shape index (κ2) is 11.0. The maximum absolute atomic E-state index is 11.0. The highest BCUT2D eigenvalue weighted by molar-refractivity contribution is 5.69. The van der Waals surface area contributed by atoms with Crippen molar-refractivity contribution in [3.63, 3.8) is 0 Å². The fraction of sp³-hybridized carbons (Fsp3) is 0.480.